The van der Waals surface area contributed by atoms with Gasteiger partial charge in [-0.1, -0.05) is 30.3 Å². The standard InChI is InChI=1S/C10H14FNO/c1-10(12,13-8-7-11)9-5-3-2-4-6-9/h2-6H,7-8,12H2,1H3. The van der Waals surface area contributed by atoms with Crippen molar-refractivity contribution in [2.75, 3.05) is 13.3 Å². The minimum absolute atomic E-state index is 0.0297. The van der Waals surface area contributed by atoms with Crippen molar-refractivity contribution in [3.63, 3.8) is 0 Å². The van der Waals surface area contributed by atoms with Crippen molar-refractivity contribution in [1.82, 2.24) is 0 Å². The molecular weight excluding hydrogens is 169 g/mol. The Kier molecular flexibility index (Phi) is 3.39. The monoisotopic (exact) mass is 183 g/mol. The van der Waals surface area contributed by atoms with E-state index in [9.17, 15) is 4.39 Å². The van der Waals surface area contributed by atoms with Crippen LogP contribution in [0.3, 0.4) is 0 Å². The number of halogens is 1. The van der Waals surface area contributed by atoms with Crippen LogP contribution in [-0.4, -0.2) is 13.3 Å². The van der Waals surface area contributed by atoms with E-state index in [-0.39, 0.29) is 6.61 Å². The molecule has 1 aromatic rings. The minimum atomic E-state index is -0.895. The van der Waals surface area contributed by atoms with Gasteiger partial charge in [-0.25, -0.2) is 4.39 Å². The summed E-state index contributed by atoms with van der Waals surface area (Å²) in [6.45, 7) is 1.24. The van der Waals surface area contributed by atoms with Crippen LogP contribution in [0, 0.1) is 0 Å². The van der Waals surface area contributed by atoms with E-state index < -0.39 is 12.4 Å². The van der Waals surface area contributed by atoms with E-state index in [1.165, 1.54) is 0 Å². The Morgan fingerprint density at radius 1 is 1.38 bits per heavy atom. The topological polar surface area (TPSA) is 35.2 Å². The van der Waals surface area contributed by atoms with Crippen LogP contribution in [0.1, 0.15) is 12.5 Å². The van der Waals surface area contributed by atoms with Gasteiger partial charge in [0.1, 0.15) is 12.4 Å². The van der Waals surface area contributed by atoms with Crippen LogP contribution >= 0.6 is 0 Å². The van der Waals surface area contributed by atoms with E-state index in [0.29, 0.717) is 0 Å². The molecular formula is C10H14FNO. The first-order valence-corrected chi connectivity index (χ1v) is 4.21. The molecule has 13 heavy (non-hydrogen) atoms. The van der Waals surface area contributed by atoms with Gasteiger partial charge in [-0.3, -0.25) is 5.73 Å². The zero-order valence-electron chi connectivity index (χ0n) is 7.66. The largest absolute Gasteiger partial charge is 0.354 e. The van der Waals surface area contributed by atoms with Gasteiger partial charge in [-0.05, 0) is 12.5 Å². The molecule has 1 unspecified atom stereocenters. The molecule has 0 aliphatic carbocycles. The molecule has 0 fully saturated rings. The summed E-state index contributed by atoms with van der Waals surface area (Å²) < 4.78 is 17.0. The molecule has 0 spiro atoms. The van der Waals surface area contributed by atoms with Crippen molar-refractivity contribution < 1.29 is 9.13 Å². The molecule has 0 radical (unpaired) electrons. The Bertz CT molecular complexity index is 248. The SMILES string of the molecule is CC(N)(OCCF)c1ccccc1. The van der Waals surface area contributed by atoms with Crippen molar-refractivity contribution in [3.05, 3.63) is 35.9 Å². The van der Waals surface area contributed by atoms with Crippen molar-refractivity contribution in [1.29, 1.82) is 0 Å². The van der Waals surface area contributed by atoms with Crippen LogP contribution in [0.25, 0.3) is 0 Å². The summed E-state index contributed by atoms with van der Waals surface area (Å²) in [5.41, 5.74) is 5.79. The van der Waals surface area contributed by atoms with E-state index in [4.69, 9.17) is 10.5 Å². The Morgan fingerprint density at radius 2 is 2.00 bits per heavy atom. The van der Waals surface area contributed by atoms with Crippen molar-refractivity contribution >= 4 is 0 Å². The fourth-order valence-corrected chi connectivity index (χ4v) is 1.10. The number of benzene rings is 1. The molecule has 3 heteroatoms. The van der Waals surface area contributed by atoms with Crippen molar-refractivity contribution in [2.45, 2.75) is 12.6 Å². The summed E-state index contributed by atoms with van der Waals surface area (Å²) >= 11 is 0. The van der Waals surface area contributed by atoms with E-state index in [1.807, 2.05) is 30.3 Å². The third kappa shape index (κ3) is 2.79. The lowest BCUT2D eigenvalue weighted by Crippen LogP contribution is -2.36. The Morgan fingerprint density at radius 3 is 2.54 bits per heavy atom. The third-order valence-electron chi connectivity index (χ3n) is 1.83. The lowest BCUT2D eigenvalue weighted by Gasteiger charge is -2.24. The quantitative estimate of drug-likeness (QED) is 0.722. The number of rotatable bonds is 4. The summed E-state index contributed by atoms with van der Waals surface area (Å²) in [5.74, 6) is 0. The molecule has 0 aliphatic rings. The summed E-state index contributed by atoms with van der Waals surface area (Å²) in [4.78, 5) is 0. The van der Waals surface area contributed by atoms with Crippen LogP contribution in [0.5, 0.6) is 0 Å². The van der Waals surface area contributed by atoms with E-state index in [2.05, 4.69) is 0 Å². The summed E-state index contributed by atoms with van der Waals surface area (Å²) in [6.07, 6.45) is 0. The molecule has 2 N–H and O–H groups in total. The maximum Gasteiger partial charge on any atom is 0.140 e. The van der Waals surface area contributed by atoms with Crippen LogP contribution in [0.2, 0.25) is 0 Å². The molecule has 1 atom stereocenters. The Hall–Kier alpha value is -0.930. The van der Waals surface area contributed by atoms with Crippen LogP contribution in [0.15, 0.2) is 30.3 Å². The van der Waals surface area contributed by atoms with Gasteiger partial charge in [0.25, 0.3) is 0 Å². The minimum Gasteiger partial charge on any atom is -0.354 e. The highest BCUT2D eigenvalue weighted by Crippen LogP contribution is 2.18. The number of hydrogen-bond donors (Lipinski definition) is 1. The molecule has 0 heterocycles. The number of alkyl halides is 1. The smallest absolute Gasteiger partial charge is 0.140 e. The zero-order valence-corrected chi connectivity index (χ0v) is 7.66. The van der Waals surface area contributed by atoms with Gasteiger partial charge < -0.3 is 4.74 Å². The highest BCUT2D eigenvalue weighted by atomic mass is 19.1. The fourth-order valence-electron chi connectivity index (χ4n) is 1.10. The van der Waals surface area contributed by atoms with E-state index in [1.54, 1.807) is 6.92 Å². The highest BCUT2D eigenvalue weighted by molar-refractivity contribution is 5.20. The number of hydrogen-bond acceptors (Lipinski definition) is 2. The highest BCUT2D eigenvalue weighted by Gasteiger charge is 2.20. The maximum absolute atomic E-state index is 11.9. The normalized spacial score (nSPS) is 15.3. The molecule has 0 amide bonds. The second-order valence-corrected chi connectivity index (χ2v) is 3.01. The predicted octanol–water partition coefficient (Wildman–Crippen LogP) is 1.80. The lowest BCUT2D eigenvalue weighted by atomic mass is 10.1. The van der Waals surface area contributed by atoms with Crippen molar-refractivity contribution in [2.24, 2.45) is 5.73 Å². The van der Waals surface area contributed by atoms with E-state index in [0.717, 1.165) is 5.56 Å². The lowest BCUT2D eigenvalue weighted by molar-refractivity contribution is -0.0369. The second kappa shape index (κ2) is 4.35. The Labute approximate surface area is 77.5 Å². The average Bonchev–Trinajstić information content (AvgIpc) is 2.16. The van der Waals surface area contributed by atoms with Crippen LogP contribution in [0.4, 0.5) is 4.39 Å². The van der Waals surface area contributed by atoms with Gasteiger partial charge >= 0.3 is 0 Å². The molecule has 0 aliphatic heterocycles. The predicted molar refractivity (Wildman–Crippen MR) is 49.9 cm³/mol. The molecule has 0 saturated carbocycles. The fraction of sp³-hybridized carbons (Fsp3) is 0.400. The summed E-state index contributed by atoms with van der Waals surface area (Å²) in [6, 6.07) is 9.36. The molecule has 72 valence electrons. The number of ether oxygens (including phenoxy) is 1. The third-order valence-corrected chi connectivity index (χ3v) is 1.83. The molecule has 0 saturated heterocycles. The average molecular weight is 183 g/mol. The molecule has 1 aromatic carbocycles. The van der Waals surface area contributed by atoms with Gasteiger partial charge in [0.05, 0.1) is 6.61 Å². The first kappa shape index (κ1) is 10.2. The van der Waals surface area contributed by atoms with Crippen molar-refractivity contribution in [3.8, 4) is 0 Å². The Balaban J connectivity index is 2.69. The summed E-state index contributed by atoms with van der Waals surface area (Å²) in [7, 11) is 0. The van der Waals surface area contributed by atoms with Gasteiger partial charge in [-0.2, -0.15) is 0 Å². The van der Waals surface area contributed by atoms with Gasteiger partial charge in [-0.15, -0.1) is 0 Å². The van der Waals surface area contributed by atoms with Crippen LogP contribution in [-0.2, 0) is 10.5 Å². The van der Waals surface area contributed by atoms with Gasteiger partial charge in [0, 0.05) is 0 Å². The van der Waals surface area contributed by atoms with E-state index >= 15 is 0 Å². The second-order valence-electron chi connectivity index (χ2n) is 3.01. The first-order chi connectivity index (χ1) is 6.17. The molecule has 0 aromatic heterocycles. The number of nitrogens with two attached hydrogens (primary N) is 1. The first-order valence-electron chi connectivity index (χ1n) is 4.21. The van der Waals surface area contributed by atoms with Gasteiger partial charge in [0.2, 0.25) is 0 Å². The summed E-state index contributed by atoms with van der Waals surface area (Å²) in [5, 5.41) is 0. The van der Waals surface area contributed by atoms with Crippen LogP contribution < -0.4 is 5.73 Å². The zero-order chi connectivity index (χ0) is 9.73. The molecule has 0 bridgehead atoms. The maximum atomic E-state index is 11.9. The molecule has 2 nitrogen and oxygen atoms in total. The van der Waals surface area contributed by atoms with Gasteiger partial charge in [0.15, 0.2) is 0 Å². The molecule has 1 rings (SSSR count).